The molecule has 0 N–H and O–H groups in total. The number of amides is 1. The monoisotopic (exact) mass is 507 g/mol. The largest absolute Gasteiger partial charge is 0.350 e. The van der Waals surface area contributed by atoms with Crippen LogP contribution in [0.5, 0.6) is 0 Å². The van der Waals surface area contributed by atoms with Crippen molar-refractivity contribution in [3.05, 3.63) is 35.8 Å². The second-order valence-electron chi connectivity index (χ2n) is 11.4. The summed E-state index contributed by atoms with van der Waals surface area (Å²) in [6, 6.07) is 10.3. The van der Waals surface area contributed by atoms with Crippen LogP contribution < -0.4 is 9.80 Å². The molecule has 2 saturated carbocycles. The second kappa shape index (κ2) is 8.67. The van der Waals surface area contributed by atoms with E-state index in [4.69, 9.17) is 4.98 Å². The lowest BCUT2D eigenvalue weighted by molar-refractivity contribution is -0.146. The first-order chi connectivity index (χ1) is 18.3. The molecule has 2 aliphatic heterocycles. The molecule has 2 aromatic rings. The molecular weight excluding hydrogens is 478 g/mol. The van der Waals surface area contributed by atoms with Crippen molar-refractivity contribution in [1.82, 2.24) is 19.9 Å². The number of fused-ring (bicyclic) bond motifs is 2. The number of hydrogen-bond donors (Lipinski definition) is 0. The third-order valence-corrected chi connectivity index (χ3v) is 9.01. The zero-order valence-corrected chi connectivity index (χ0v) is 21.6. The van der Waals surface area contributed by atoms with Crippen molar-refractivity contribution in [3.8, 4) is 18.2 Å². The van der Waals surface area contributed by atoms with Crippen LogP contribution in [0.2, 0.25) is 0 Å². The van der Waals surface area contributed by atoms with Gasteiger partial charge in [-0.1, -0.05) is 0 Å². The number of piperazine rings is 1. The highest BCUT2D eigenvalue weighted by molar-refractivity contribution is 5.87. The Morgan fingerprint density at radius 1 is 1.05 bits per heavy atom. The van der Waals surface area contributed by atoms with E-state index < -0.39 is 5.41 Å². The van der Waals surface area contributed by atoms with Gasteiger partial charge in [-0.2, -0.15) is 15.8 Å². The normalized spacial score (nSPS) is 28.9. The van der Waals surface area contributed by atoms with Crippen molar-refractivity contribution in [2.45, 2.75) is 63.5 Å². The van der Waals surface area contributed by atoms with Crippen molar-refractivity contribution in [1.29, 1.82) is 15.8 Å². The Hall–Kier alpha value is -4.23. The summed E-state index contributed by atoms with van der Waals surface area (Å²) in [6.07, 6.45) is 6.85. The van der Waals surface area contributed by atoms with Crippen LogP contribution in [0.25, 0.3) is 0 Å². The maximum Gasteiger partial charge on any atom is 0.243 e. The van der Waals surface area contributed by atoms with Crippen LogP contribution in [0.4, 0.5) is 17.5 Å². The van der Waals surface area contributed by atoms with Gasteiger partial charge in [0.15, 0.2) is 0 Å². The average molecular weight is 508 g/mol. The molecule has 10 heteroatoms. The fourth-order valence-corrected chi connectivity index (χ4v) is 6.74. The molecule has 38 heavy (non-hydrogen) atoms. The Morgan fingerprint density at radius 3 is 2.47 bits per heavy atom. The summed E-state index contributed by atoms with van der Waals surface area (Å²) in [5.41, 5.74) is 0.422. The SMILES string of the molecule is C[C@@H]1CN(c2ncnc3c2C2(CC(C#N)C2)CN3c2cc(C#N)ccn2)[C@@H](C)CN1C(=O)C1(C#N)CCC1. The minimum Gasteiger partial charge on any atom is -0.350 e. The van der Waals surface area contributed by atoms with Crippen molar-refractivity contribution < 1.29 is 4.79 Å². The van der Waals surface area contributed by atoms with E-state index in [1.54, 1.807) is 24.7 Å². The van der Waals surface area contributed by atoms with Gasteiger partial charge in [-0.05, 0) is 58.1 Å². The minimum absolute atomic E-state index is 0.0112. The van der Waals surface area contributed by atoms with Gasteiger partial charge in [0.2, 0.25) is 5.91 Å². The van der Waals surface area contributed by atoms with Gasteiger partial charge < -0.3 is 14.7 Å². The number of carbonyl (C=O) groups is 1. The minimum atomic E-state index is -0.861. The number of carbonyl (C=O) groups excluding carboxylic acids is 1. The number of nitriles is 3. The van der Waals surface area contributed by atoms with Crippen molar-refractivity contribution in [2.24, 2.45) is 11.3 Å². The van der Waals surface area contributed by atoms with E-state index in [2.05, 4.69) is 44.9 Å². The van der Waals surface area contributed by atoms with Crippen LogP contribution in [0, 0.1) is 45.3 Å². The molecule has 2 aliphatic carbocycles. The van der Waals surface area contributed by atoms with Crippen LogP contribution in [-0.2, 0) is 10.2 Å². The molecule has 0 aromatic carbocycles. The highest BCUT2D eigenvalue weighted by Gasteiger charge is 2.56. The van der Waals surface area contributed by atoms with E-state index in [-0.39, 0.29) is 29.3 Å². The van der Waals surface area contributed by atoms with Gasteiger partial charge in [0.25, 0.3) is 0 Å². The van der Waals surface area contributed by atoms with Crippen LogP contribution in [-0.4, -0.2) is 57.5 Å². The Balaban J connectivity index is 1.36. The summed E-state index contributed by atoms with van der Waals surface area (Å²) < 4.78 is 0. The summed E-state index contributed by atoms with van der Waals surface area (Å²) in [4.78, 5) is 33.6. The van der Waals surface area contributed by atoms with Gasteiger partial charge in [-0.3, -0.25) is 4.79 Å². The van der Waals surface area contributed by atoms with Gasteiger partial charge >= 0.3 is 0 Å². The summed E-state index contributed by atoms with van der Waals surface area (Å²) in [6.45, 7) is 5.87. The number of nitrogens with zero attached hydrogens (tertiary/aromatic N) is 9. The van der Waals surface area contributed by atoms with Crippen LogP contribution in [0.15, 0.2) is 24.7 Å². The molecule has 4 aliphatic rings. The fourth-order valence-electron chi connectivity index (χ4n) is 6.74. The van der Waals surface area contributed by atoms with Crippen LogP contribution in [0.3, 0.4) is 0 Å². The predicted octanol–water partition coefficient (Wildman–Crippen LogP) is 3.19. The van der Waals surface area contributed by atoms with Crippen molar-refractivity contribution >= 4 is 23.4 Å². The molecular formula is C28H29N9O. The summed E-state index contributed by atoms with van der Waals surface area (Å²) >= 11 is 0. The maximum atomic E-state index is 13.4. The number of hydrogen-bond acceptors (Lipinski definition) is 9. The van der Waals surface area contributed by atoms with Gasteiger partial charge in [0.05, 0.1) is 23.8 Å². The lowest BCUT2D eigenvalue weighted by atomic mass is 9.60. The number of anilines is 3. The molecule has 1 spiro atoms. The zero-order chi connectivity index (χ0) is 26.7. The molecule has 10 nitrogen and oxygen atoms in total. The summed E-state index contributed by atoms with van der Waals surface area (Å²) in [7, 11) is 0. The fraction of sp³-hybridized carbons (Fsp3) is 0.536. The van der Waals surface area contributed by atoms with E-state index in [1.807, 2.05) is 11.8 Å². The molecule has 4 heterocycles. The van der Waals surface area contributed by atoms with Crippen molar-refractivity contribution in [2.75, 3.05) is 29.4 Å². The van der Waals surface area contributed by atoms with Gasteiger partial charge in [0, 0.05) is 54.8 Å². The number of rotatable bonds is 3. The van der Waals surface area contributed by atoms with Crippen LogP contribution in [0.1, 0.15) is 57.1 Å². The van der Waals surface area contributed by atoms with Crippen molar-refractivity contribution in [3.63, 3.8) is 0 Å². The smallest absolute Gasteiger partial charge is 0.243 e. The standard InChI is InChI=1S/C28H29N9O/c1-18-14-36(26(38)27(15-31)5-3-6-27)19(2)13-35(18)24-23-25(34-17-33-24)37(16-28(23)9-21(10-28)12-30)22-8-20(11-29)4-7-32-22/h4,7-8,17-19,21H,3,5-6,9-10,13-14,16H2,1-2H3/t18-,19+,21?,28?/m0/s1. The van der Waals surface area contributed by atoms with E-state index in [0.29, 0.717) is 43.9 Å². The molecule has 0 radical (unpaired) electrons. The van der Waals surface area contributed by atoms with E-state index in [9.17, 15) is 20.6 Å². The van der Waals surface area contributed by atoms with Crippen LogP contribution >= 0.6 is 0 Å². The third kappa shape index (κ3) is 3.42. The molecule has 0 unspecified atom stereocenters. The lowest BCUT2D eigenvalue weighted by Gasteiger charge is -2.49. The third-order valence-electron chi connectivity index (χ3n) is 9.01. The van der Waals surface area contributed by atoms with E-state index in [0.717, 1.165) is 36.5 Å². The van der Waals surface area contributed by atoms with Gasteiger partial charge in [-0.15, -0.1) is 0 Å². The molecule has 1 saturated heterocycles. The first kappa shape index (κ1) is 24.1. The molecule has 0 bridgehead atoms. The zero-order valence-electron chi connectivity index (χ0n) is 21.6. The molecule has 2 atom stereocenters. The predicted molar refractivity (Wildman–Crippen MR) is 138 cm³/mol. The molecule has 2 aromatic heterocycles. The Morgan fingerprint density at radius 2 is 1.82 bits per heavy atom. The highest BCUT2D eigenvalue weighted by Crippen LogP contribution is 2.58. The molecule has 1 amide bonds. The quantitative estimate of drug-likeness (QED) is 0.613. The second-order valence-corrected chi connectivity index (χ2v) is 11.4. The lowest BCUT2D eigenvalue weighted by Crippen LogP contribution is -2.62. The molecule has 192 valence electrons. The topological polar surface area (TPSA) is 137 Å². The Kier molecular flexibility index (Phi) is 5.50. The maximum absolute atomic E-state index is 13.4. The first-order valence-electron chi connectivity index (χ1n) is 13.2. The Labute approximate surface area is 222 Å². The van der Waals surface area contributed by atoms with Gasteiger partial charge in [-0.25, -0.2) is 15.0 Å². The summed E-state index contributed by atoms with van der Waals surface area (Å²) in [5, 5.41) is 28.8. The molecule has 6 rings (SSSR count). The van der Waals surface area contributed by atoms with E-state index in [1.165, 1.54) is 0 Å². The summed E-state index contributed by atoms with van der Waals surface area (Å²) in [5.74, 6) is 2.21. The number of pyridine rings is 1. The van der Waals surface area contributed by atoms with Gasteiger partial charge in [0.1, 0.15) is 29.2 Å². The number of aromatic nitrogens is 3. The highest BCUT2D eigenvalue weighted by atomic mass is 16.2. The Bertz CT molecular complexity index is 1420. The average Bonchev–Trinajstić information content (AvgIpc) is 3.24. The first-order valence-corrected chi connectivity index (χ1v) is 13.2. The molecule has 3 fully saturated rings. The van der Waals surface area contributed by atoms with E-state index >= 15 is 0 Å².